The quantitative estimate of drug-likeness (QED) is 0.693. The van der Waals surface area contributed by atoms with Crippen molar-refractivity contribution in [2.75, 3.05) is 25.1 Å². The molecule has 0 aromatic heterocycles. The molecule has 2 aromatic carbocycles. The smallest absolute Gasteiger partial charge is 0.282 e. The lowest BCUT2D eigenvalue weighted by Crippen LogP contribution is -2.34. The van der Waals surface area contributed by atoms with Crippen LogP contribution in [0.3, 0.4) is 0 Å². The number of carbonyl (C=O) groups excluding carboxylic acids is 2. The molecule has 0 aliphatic carbocycles. The fourth-order valence-electron chi connectivity index (χ4n) is 3.66. The molecule has 0 radical (unpaired) electrons. The van der Waals surface area contributed by atoms with Crippen molar-refractivity contribution in [2.45, 2.75) is 12.8 Å². The number of nitrogens with zero attached hydrogens (tertiary/aromatic N) is 2. The minimum Gasteiger partial charge on any atom is -0.495 e. The maximum Gasteiger partial charge on any atom is 0.282 e. The third-order valence-electron chi connectivity index (χ3n) is 5.01. The third kappa shape index (κ3) is 3.15. The number of imide groups is 1. The van der Waals surface area contributed by atoms with Gasteiger partial charge in [-0.15, -0.1) is 0 Å². The molecule has 2 heterocycles. The van der Waals surface area contributed by atoms with Gasteiger partial charge in [0.05, 0.1) is 23.4 Å². The van der Waals surface area contributed by atoms with E-state index in [1.54, 1.807) is 42.5 Å². The van der Waals surface area contributed by atoms with E-state index < -0.39 is 0 Å². The highest BCUT2D eigenvalue weighted by Crippen LogP contribution is 2.38. The lowest BCUT2D eigenvalue weighted by Gasteiger charge is -2.20. The summed E-state index contributed by atoms with van der Waals surface area (Å²) in [5, 5.41) is 0.908. The van der Waals surface area contributed by atoms with Crippen LogP contribution in [-0.4, -0.2) is 36.9 Å². The van der Waals surface area contributed by atoms with Gasteiger partial charge in [-0.05, 0) is 48.7 Å². The van der Waals surface area contributed by atoms with E-state index in [0.29, 0.717) is 38.3 Å². The molecule has 7 heteroatoms. The zero-order valence-electron chi connectivity index (χ0n) is 15.2. The van der Waals surface area contributed by atoms with Crippen LogP contribution in [0.1, 0.15) is 18.4 Å². The van der Waals surface area contributed by atoms with E-state index in [9.17, 15) is 9.59 Å². The number of halogens is 2. The van der Waals surface area contributed by atoms with Crippen molar-refractivity contribution in [2.24, 2.45) is 0 Å². The SMILES string of the molecule is COc1ccc(N2C(=O)C(c3ccc(Cl)cc3)=C(N3CCCC3)C2=O)cc1Cl. The first-order valence-electron chi connectivity index (χ1n) is 8.98. The number of hydrogen-bond acceptors (Lipinski definition) is 4. The van der Waals surface area contributed by atoms with E-state index in [4.69, 9.17) is 27.9 Å². The lowest BCUT2D eigenvalue weighted by atomic mass is 10.0. The standard InChI is InChI=1S/C21H18Cl2N2O3/c1-28-17-9-8-15(12-16(17)23)25-20(26)18(13-4-6-14(22)7-5-13)19(21(25)27)24-10-2-3-11-24/h4-9,12H,2-3,10-11H2,1H3. The Balaban J connectivity index is 1.81. The van der Waals surface area contributed by atoms with Crippen LogP contribution in [0.5, 0.6) is 5.75 Å². The minimum atomic E-state index is -0.365. The van der Waals surface area contributed by atoms with Crippen molar-refractivity contribution in [3.05, 3.63) is 63.8 Å². The molecule has 144 valence electrons. The van der Waals surface area contributed by atoms with Gasteiger partial charge in [-0.2, -0.15) is 0 Å². The summed E-state index contributed by atoms with van der Waals surface area (Å²) in [5.41, 5.74) is 1.93. The van der Waals surface area contributed by atoms with Crippen molar-refractivity contribution in [3.63, 3.8) is 0 Å². The Hall–Kier alpha value is -2.50. The Labute approximate surface area is 173 Å². The maximum atomic E-state index is 13.3. The molecule has 0 N–H and O–H groups in total. The summed E-state index contributed by atoms with van der Waals surface area (Å²) in [6.07, 6.45) is 1.99. The summed E-state index contributed by atoms with van der Waals surface area (Å²) in [5.74, 6) is -0.219. The third-order valence-corrected chi connectivity index (χ3v) is 5.56. The number of benzene rings is 2. The van der Waals surface area contributed by atoms with Crippen molar-refractivity contribution in [1.82, 2.24) is 4.90 Å². The molecule has 4 rings (SSSR count). The number of rotatable bonds is 4. The van der Waals surface area contributed by atoms with Crippen LogP contribution in [0.25, 0.3) is 5.57 Å². The Bertz CT molecular complexity index is 980. The largest absolute Gasteiger partial charge is 0.495 e. The molecule has 1 fully saturated rings. The summed E-state index contributed by atoms with van der Waals surface area (Å²) in [7, 11) is 1.51. The van der Waals surface area contributed by atoms with E-state index in [-0.39, 0.29) is 11.8 Å². The Morgan fingerprint density at radius 2 is 1.61 bits per heavy atom. The first kappa shape index (κ1) is 18.8. The molecule has 2 aliphatic rings. The van der Waals surface area contributed by atoms with Crippen LogP contribution in [0.4, 0.5) is 5.69 Å². The summed E-state index contributed by atoms with van der Waals surface area (Å²) < 4.78 is 5.17. The number of carbonyl (C=O) groups is 2. The van der Waals surface area contributed by atoms with Gasteiger partial charge < -0.3 is 9.64 Å². The number of amides is 2. The van der Waals surface area contributed by atoms with Crippen LogP contribution in [0.2, 0.25) is 10.0 Å². The number of likely N-dealkylation sites (tertiary alicyclic amines) is 1. The van der Waals surface area contributed by atoms with E-state index >= 15 is 0 Å². The van der Waals surface area contributed by atoms with Gasteiger partial charge in [0.1, 0.15) is 11.4 Å². The van der Waals surface area contributed by atoms with Crippen LogP contribution in [0, 0.1) is 0 Å². The molecule has 28 heavy (non-hydrogen) atoms. The summed E-state index contributed by atoms with van der Waals surface area (Å²) >= 11 is 12.2. The van der Waals surface area contributed by atoms with Gasteiger partial charge >= 0.3 is 0 Å². The first-order chi connectivity index (χ1) is 13.5. The molecular weight excluding hydrogens is 399 g/mol. The topological polar surface area (TPSA) is 49.9 Å². The Morgan fingerprint density at radius 1 is 0.929 bits per heavy atom. The van der Waals surface area contributed by atoms with Crippen molar-refractivity contribution < 1.29 is 14.3 Å². The average Bonchev–Trinajstić information content (AvgIpc) is 3.29. The summed E-state index contributed by atoms with van der Waals surface area (Å²) in [6.45, 7) is 1.51. The molecule has 0 atom stereocenters. The van der Waals surface area contributed by atoms with Crippen LogP contribution >= 0.6 is 23.2 Å². The summed E-state index contributed by atoms with van der Waals surface area (Å²) in [6, 6.07) is 11.8. The van der Waals surface area contributed by atoms with Gasteiger partial charge in [0.2, 0.25) is 0 Å². The van der Waals surface area contributed by atoms with Gasteiger partial charge in [-0.25, -0.2) is 4.90 Å². The molecule has 2 aliphatic heterocycles. The fraction of sp³-hybridized carbons (Fsp3) is 0.238. The van der Waals surface area contributed by atoms with Gasteiger partial charge in [0.15, 0.2) is 0 Å². The zero-order valence-corrected chi connectivity index (χ0v) is 16.8. The van der Waals surface area contributed by atoms with E-state index in [1.807, 2.05) is 4.90 Å². The van der Waals surface area contributed by atoms with Gasteiger partial charge in [0, 0.05) is 18.1 Å². The zero-order chi connectivity index (χ0) is 19.8. The molecular formula is C21H18Cl2N2O3. The van der Waals surface area contributed by atoms with E-state index in [2.05, 4.69) is 0 Å². The maximum absolute atomic E-state index is 13.3. The predicted molar refractivity (Wildman–Crippen MR) is 110 cm³/mol. The number of ether oxygens (including phenoxy) is 1. The molecule has 0 spiro atoms. The van der Waals surface area contributed by atoms with Crippen LogP contribution in [0.15, 0.2) is 48.2 Å². The van der Waals surface area contributed by atoms with Crippen molar-refractivity contribution in [1.29, 1.82) is 0 Å². The van der Waals surface area contributed by atoms with E-state index in [0.717, 1.165) is 25.9 Å². The van der Waals surface area contributed by atoms with Gasteiger partial charge in [-0.1, -0.05) is 35.3 Å². The molecule has 2 amide bonds. The second-order valence-corrected chi connectivity index (χ2v) is 7.53. The highest BCUT2D eigenvalue weighted by Gasteiger charge is 2.43. The van der Waals surface area contributed by atoms with Crippen LogP contribution < -0.4 is 9.64 Å². The molecule has 1 saturated heterocycles. The molecule has 0 unspecified atom stereocenters. The van der Waals surface area contributed by atoms with Gasteiger partial charge in [0.25, 0.3) is 11.8 Å². The Kier molecular flexibility index (Phi) is 5.04. The minimum absolute atomic E-state index is 0.335. The molecule has 0 bridgehead atoms. The molecule has 2 aromatic rings. The first-order valence-corrected chi connectivity index (χ1v) is 9.74. The van der Waals surface area contributed by atoms with Crippen molar-refractivity contribution in [3.8, 4) is 5.75 Å². The monoisotopic (exact) mass is 416 g/mol. The number of methoxy groups -OCH3 is 1. The van der Waals surface area contributed by atoms with E-state index in [1.165, 1.54) is 12.0 Å². The average molecular weight is 417 g/mol. The second-order valence-electron chi connectivity index (χ2n) is 6.69. The summed E-state index contributed by atoms with van der Waals surface area (Å²) in [4.78, 5) is 29.9. The molecule has 5 nitrogen and oxygen atoms in total. The van der Waals surface area contributed by atoms with Crippen LogP contribution in [-0.2, 0) is 9.59 Å². The predicted octanol–water partition coefficient (Wildman–Crippen LogP) is 4.38. The fourth-order valence-corrected chi connectivity index (χ4v) is 4.04. The number of anilines is 1. The normalized spacial score (nSPS) is 17.1. The highest BCUT2D eigenvalue weighted by atomic mass is 35.5. The number of hydrogen-bond donors (Lipinski definition) is 0. The van der Waals surface area contributed by atoms with Gasteiger partial charge in [-0.3, -0.25) is 9.59 Å². The highest BCUT2D eigenvalue weighted by molar-refractivity contribution is 6.45. The van der Waals surface area contributed by atoms with Crippen molar-refractivity contribution >= 4 is 46.3 Å². The lowest BCUT2D eigenvalue weighted by molar-refractivity contribution is -0.120. The second kappa shape index (κ2) is 7.49. The Morgan fingerprint density at radius 3 is 2.21 bits per heavy atom. The molecule has 0 saturated carbocycles.